The second-order valence-electron chi connectivity index (χ2n) is 3.88. The van der Waals surface area contributed by atoms with Crippen molar-refractivity contribution in [1.29, 1.82) is 0 Å². The van der Waals surface area contributed by atoms with Crippen molar-refractivity contribution in [2.24, 2.45) is 0 Å². The Morgan fingerprint density at radius 2 is 1.95 bits per heavy atom. The summed E-state index contributed by atoms with van der Waals surface area (Å²) in [5.74, 6) is -1.81. The molecule has 0 fully saturated rings. The molecule has 0 spiro atoms. The van der Waals surface area contributed by atoms with E-state index in [1.807, 2.05) is 0 Å². The van der Waals surface area contributed by atoms with Gasteiger partial charge < -0.3 is 20.1 Å². The van der Waals surface area contributed by atoms with E-state index in [0.717, 1.165) is 11.0 Å². The topological polar surface area (TPSA) is 78.9 Å². The maximum Gasteiger partial charge on any atom is 0.573 e. The normalized spacial score (nSPS) is 10.9. The molecule has 0 aromatic heterocycles. The molecule has 1 aromatic carbocycles. The van der Waals surface area contributed by atoms with E-state index in [0.29, 0.717) is 0 Å². The van der Waals surface area contributed by atoms with Crippen LogP contribution in [0.5, 0.6) is 5.75 Å². The standard InChI is InChI=1S/C12H13F3N2O4/c1-2-17(7-10(18)19)11(20)16-8-5-3-4-6-9(8)21-12(13,14)15/h3-6H,2,7H2,1H3,(H,16,20)(H,18,19). The molecule has 0 bridgehead atoms. The number of hydrogen-bond acceptors (Lipinski definition) is 3. The van der Waals surface area contributed by atoms with E-state index < -0.39 is 30.7 Å². The highest BCUT2D eigenvalue weighted by molar-refractivity contribution is 5.92. The first-order valence-electron chi connectivity index (χ1n) is 5.85. The number of carboxylic acid groups (broad SMARTS) is 1. The second-order valence-corrected chi connectivity index (χ2v) is 3.88. The average Bonchev–Trinajstić information content (AvgIpc) is 2.36. The number of carboxylic acids is 1. The van der Waals surface area contributed by atoms with Crippen LogP contribution in [0, 0.1) is 0 Å². The van der Waals surface area contributed by atoms with E-state index in [4.69, 9.17) is 5.11 Å². The molecule has 0 atom stereocenters. The van der Waals surface area contributed by atoms with Crippen LogP contribution >= 0.6 is 0 Å². The largest absolute Gasteiger partial charge is 0.573 e. The lowest BCUT2D eigenvalue weighted by atomic mass is 10.3. The summed E-state index contributed by atoms with van der Waals surface area (Å²) < 4.78 is 40.5. The van der Waals surface area contributed by atoms with Crippen molar-refractivity contribution >= 4 is 17.7 Å². The van der Waals surface area contributed by atoms with Crippen molar-refractivity contribution in [2.75, 3.05) is 18.4 Å². The van der Waals surface area contributed by atoms with E-state index in [-0.39, 0.29) is 12.2 Å². The molecular formula is C12H13F3N2O4. The fraction of sp³-hybridized carbons (Fsp3) is 0.333. The number of ether oxygens (including phenoxy) is 1. The number of benzene rings is 1. The van der Waals surface area contributed by atoms with Gasteiger partial charge in [0.05, 0.1) is 5.69 Å². The number of amides is 2. The zero-order chi connectivity index (χ0) is 16.0. The van der Waals surface area contributed by atoms with Crippen molar-refractivity contribution in [2.45, 2.75) is 13.3 Å². The van der Waals surface area contributed by atoms with Gasteiger partial charge >= 0.3 is 18.4 Å². The molecule has 1 rings (SSSR count). The smallest absolute Gasteiger partial charge is 0.480 e. The highest BCUT2D eigenvalue weighted by atomic mass is 19.4. The van der Waals surface area contributed by atoms with Gasteiger partial charge in [-0.1, -0.05) is 12.1 Å². The summed E-state index contributed by atoms with van der Waals surface area (Å²) in [6.45, 7) is 1.06. The Morgan fingerprint density at radius 1 is 1.33 bits per heavy atom. The first kappa shape index (κ1) is 16.6. The zero-order valence-corrected chi connectivity index (χ0v) is 11.0. The number of likely N-dealkylation sites (N-methyl/N-ethyl adjacent to an activating group) is 1. The van der Waals surface area contributed by atoms with Gasteiger partial charge in [0, 0.05) is 6.54 Å². The molecule has 0 aliphatic rings. The molecular weight excluding hydrogens is 293 g/mol. The predicted molar refractivity (Wildman–Crippen MR) is 67.0 cm³/mol. The molecule has 9 heteroatoms. The summed E-state index contributed by atoms with van der Waals surface area (Å²) in [6.07, 6.45) is -4.90. The van der Waals surface area contributed by atoms with Crippen LogP contribution in [0.4, 0.5) is 23.7 Å². The predicted octanol–water partition coefficient (Wildman–Crippen LogP) is 2.52. The maximum atomic E-state index is 12.2. The van der Waals surface area contributed by atoms with Crippen LogP contribution in [-0.4, -0.2) is 41.5 Å². The number of rotatable bonds is 5. The lowest BCUT2D eigenvalue weighted by molar-refractivity contribution is -0.274. The minimum Gasteiger partial charge on any atom is -0.480 e. The van der Waals surface area contributed by atoms with Crippen molar-refractivity contribution < 1.29 is 32.6 Å². The lowest BCUT2D eigenvalue weighted by Gasteiger charge is -2.20. The van der Waals surface area contributed by atoms with Gasteiger partial charge in [-0.05, 0) is 19.1 Å². The van der Waals surface area contributed by atoms with E-state index in [1.54, 1.807) is 6.92 Å². The second kappa shape index (κ2) is 6.82. The zero-order valence-electron chi connectivity index (χ0n) is 11.0. The number of para-hydroxylation sites is 2. The molecule has 0 saturated heterocycles. The SMILES string of the molecule is CCN(CC(=O)O)C(=O)Nc1ccccc1OC(F)(F)F. The van der Waals surface area contributed by atoms with Crippen LogP contribution in [0.2, 0.25) is 0 Å². The number of hydrogen-bond donors (Lipinski definition) is 2. The van der Waals surface area contributed by atoms with Crippen molar-refractivity contribution in [3.63, 3.8) is 0 Å². The maximum absolute atomic E-state index is 12.2. The van der Waals surface area contributed by atoms with Gasteiger partial charge in [-0.2, -0.15) is 0 Å². The van der Waals surface area contributed by atoms with Crippen molar-refractivity contribution in [1.82, 2.24) is 4.90 Å². The number of carbonyl (C=O) groups excluding carboxylic acids is 1. The Balaban J connectivity index is 2.87. The third-order valence-corrected chi connectivity index (χ3v) is 2.35. The van der Waals surface area contributed by atoms with Gasteiger partial charge in [-0.15, -0.1) is 13.2 Å². The number of alkyl halides is 3. The molecule has 2 N–H and O–H groups in total. The fourth-order valence-electron chi connectivity index (χ4n) is 1.47. The monoisotopic (exact) mass is 306 g/mol. The van der Waals surface area contributed by atoms with Gasteiger partial charge in [0.1, 0.15) is 6.54 Å². The van der Waals surface area contributed by atoms with E-state index in [1.165, 1.54) is 18.2 Å². The van der Waals surface area contributed by atoms with E-state index in [2.05, 4.69) is 10.1 Å². The Labute approximate surface area is 118 Å². The summed E-state index contributed by atoms with van der Waals surface area (Å²) in [5.41, 5.74) is -0.205. The van der Waals surface area contributed by atoms with Crippen LogP contribution in [0.15, 0.2) is 24.3 Å². The number of nitrogens with zero attached hydrogens (tertiary/aromatic N) is 1. The number of anilines is 1. The quantitative estimate of drug-likeness (QED) is 0.876. The number of aliphatic carboxylic acids is 1. The molecule has 0 saturated carbocycles. The van der Waals surface area contributed by atoms with Crippen LogP contribution < -0.4 is 10.1 Å². The Hall–Kier alpha value is -2.45. The minimum absolute atomic E-state index is 0.0838. The van der Waals surface area contributed by atoms with Crippen molar-refractivity contribution in [3.8, 4) is 5.75 Å². The minimum atomic E-state index is -4.90. The molecule has 1 aromatic rings. The molecule has 0 unspecified atom stereocenters. The number of urea groups is 1. The van der Waals surface area contributed by atoms with E-state index in [9.17, 15) is 22.8 Å². The lowest BCUT2D eigenvalue weighted by Crippen LogP contribution is -2.38. The average molecular weight is 306 g/mol. The number of carbonyl (C=O) groups is 2. The van der Waals surface area contributed by atoms with Crippen molar-refractivity contribution in [3.05, 3.63) is 24.3 Å². The molecule has 0 aliphatic carbocycles. The molecule has 0 aliphatic heterocycles. The Bertz CT molecular complexity index is 519. The van der Waals surface area contributed by atoms with Gasteiger partial charge in [0.2, 0.25) is 0 Å². The first-order chi connectivity index (χ1) is 9.73. The summed E-state index contributed by atoms with van der Waals surface area (Å²) in [7, 11) is 0. The number of halogens is 3. The fourth-order valence-corrected chi connectivity index (χ4v) is 1.47. The third-order valence-electron chi connectivity index (χ3n) is 2.35. The molecule has 0 heterocycles. The van der Waals surface area contributed by atoms with Crippen LogP contribution in [0.25, 0.3) is 0 Å². The van der Waals surface area contributed by atoms with E-state index >= 15 is 0 Å². The van der Waals surface area contributed by atoms with Crippen LogP contribution in [-0.2, 0) is 4.79 Å². The van der Waals surface area contributed by atoms with Gasteiger partial charge in [0.15, 0.2) is 5.75 Å². The van der Waals surface area contributed by atoms with Gasteiger partial charge in [0.25, 0.3) is 0 Å². The molecule has 116 valence electrons. The summed E-state index contributed by atoms with van der Waals surface area (Å²) >= 11 is 0. The molecule has 2 amide bonds. The summed E-state index contributed by atoms with van der Waals surface area (Å²) in [5, 5.41) is 10.8. The molecule has 6 nitrogen and oxygen atoms in total. The highest BCUT2D eigenvalue weighted by Gasteiger charge is 2.32. The first-order valence-corrected chi connectivity index (χ1v) is 5.85. The Morgan fingerprint density at radius 3 is 2.48 bits per heavy atom. The summed E-state index contributed by atoms with van der Waals surface area (Å²) in [6, 6.07) is 4.14. The summed E-state index contributed by atoms with van der Waals surface area (Å²) in [4.78, 5) is 23.3. The third kappa shape index (κ3) is 5.59. The van der Waals surface area contributed by atoms with Gasteiger partial charge in [-0.25, -0.2) is 4.79 Å². The molecule has 0 radical (unpaired) electrons. The Kier molecular flexibility index (Phi) is 5.39. The molecule has 21 heavy (non-hydrogen) atoms. The van der Waals surface area contributed by atoms with Gasteiger partial charge in [-0.3, -0.25) is 4.79 Å². The number of nitrogens with one attached hydrogen (secondary N) is 1. The highest BCUT2D eigenvalue weighted by Crippen LogP contribution is 2.30. The van der Waals surface area contributed by atoms with Crippen LogP contribution in [0.3, 0.4) is 0 Å². The van der Waals surface area contributed by atoms with Crippen LogP contribution in [0.1, 0.15) is 6.92 Å².